The molecule has 2 aromatic carbocycles. The number of rotatable bonds is 6. The highest BCUT2D eigenvalue weighted by molar-refractivity contribution is 5.89. The normalized spacial score (nSPS) is 10.0. The summed E-state index contributed by atoms with van der Waals surface area (Å²) in [6.07, 6.45) is 0. The Morgan fingerprint density at radius 3 is 2.52 bits per heavy atom. The van der Waals surface area contributed by atoms with Gasteiger partial charge in [0.1, 0.15) is 5.82 Å². The molecule has 120 valence electrons. The van der Waals surface area contributed by atoms with Gasteiger partial charge in [-0.3, -0.25) is 9.59 Å². The van der Waals surface area contributed by atoms with Crippen LogP contribution in [0.4, 0.5) is 15.8 Å². The van der Waals surface area contributed by atoms with Crippen molar-refractivity contribution in [2.75, 3.05) is 17.2 Å². The Morgan fingerprint density at radius 1 is 1.09 bits per heavy atom. The molecule has 2 amide bonds. The number of hydrogen-bond donors (Lipinski definition) is 3. The molecule has 0 aliphatic rings. The van der Waals surface area contributed by atoms with E-state index in [0.29, 0.717) is 12.2 Å². The first kappa shape index (κ1) is 16.5. The standard InChI is InChI=1S/C17H18FN3O2/c1-12(22)21-16-9-14(7-8-15(16)18)19-11-17(23)20-10-13-5-3-2-4-6-13/h2-9,19H,10-11H2,1H3,(H,20,23)(H,21,22). The number of anilines is 2. The van der Waals surface area contributed by atoms with Gasteiger partial charge in [0.2, 0.25) is 11.8 Å². The van der Waals surface area contributed by atoms with Gasteiger partial charge in [-0.25, -0.2) is 4.39 Å². The van der Waals surface area contributed by atoms with Gasteiger partial charge in [-0.1, -0.05) is 30.3 Å². The summed E-state index contributed by atoms with van der Waals surface area (Å²) in [7, 11) is 0. The van der Waals surface area contributed by atoms with Gasteiger partial charge in [0.25, 0.3) is 0 Å². The van der Waals surface area contributed by atoms with Crippen molar-refractivity contribution in [1.29, 1.82) is 0 Å². The van der Waals surface area contributed by atoms with Crippen molar-refractivity contribution in [3.8, 4) is 0 Å². The van der Waals surface area contributed by atoms with E-state index in [1.165, 1.54) is 25.1 Å². The highest BCUT2D eigenvalue weighted by atomic mass is 19.1. The fourth-order valence-electron chi connectivity index (χ4n) is 1.96. The van der Waals surface area contributed by atoms with Gasteiger partial charge < -0.3 is 16.0 Å². The molecule has 0 saturated carbocycles. The van der Waals surface area contributed by atoms with Gasteiger partial charge in [0.05, 0.1) is 12.2 Å². The second-order valence-electron chi connectivity index (χ2n) is 4.99. The Bertz CT molecular complexity index is 689. The number of amides is 2. The number of benzene rings is 2. The number of nitrogens with one attached hydrogen (secondary N) is 3. The largest absolute Gasteiger partial charge is 0.376 e. The van der Waals surface area contributed by atoms with Gasteiger partial charge in [-0.05, 0) is 23.8 Å². The zero-order valence-corrected chi connectivity index (χ0v) is 12.7. The van der Waals surface area contributed by atoms with Crippen LogP contribution in [0.3, 0.4) is 0 Å². The Balaban J connectivity index is 1.85. The molecule has 6 heteroatoms. The summed E-state index contributed by atoms with van der Waals surface area (Å²) in [6.45, 7) is 1.80. The van der Waals surface area contributed by atoms with Crippen molar-refractivity contribution in [1.82, 2.24) is 5.32 Å². The predicted octanol–water partition coefficient (Wildman–Crippen LogP) is 2.51. The number of halogens is 1. The third-order valence-corrected chi connectivity index (χ3v) is 3.06. The van der Waals surface area contributed by atoms with E-state index in [0.717, 1.165) is 5.56 Å². The molecule has 0 unspecified atom stereocenters. The van der Waals surface area contributed by atoms with Crippen LogP contribution in [0, 0.1) is 5.82 Å². The van der Waals surface area contributed by atoms with Crippen molar-refractivity contribution in [3.05, 3.63) is 59.9 Å². The SMILES string of the molecule is CC(=O)Nc1cc(NCC(=O)NCc2ccccc2)ccc1F. The predicted molar refractivity (Wildman–Crippen MR) is 87.5 cm³/mol. The van der Waals surface area contributed by atoms with Crippen molar-refractivity contribution in [3.63, 3.8) is 0 Å². The fourth-order valence-corrected chi connectivity index (χ4v) is 1.96. The topological polar surface area (TPSA) is 70.2 Å². The zero-order chi connectivity index (χ0) is 16.7. The molecule has 0 fully saturated rings. The van der Waals surface area contributed by atoms with Crippen LogP contribution in [0.15, 0.2) is 48.5 Å². The summed E-state index contributed by atoms with van der Waals surface area (Å²) in [5.41, 5.74) is 1.63. The van der Waals surface area contributed by atoms with Gasteiger partial charge in [0, 0.05) is 19.2 Å². The quantitative estimate of drug-likeness (QED) is 0.767. The molecule has 0 radical (unpaired) electrons. The summed E-state index contributed by atoms with van der Waals surface area (Å²) in [6, 6.07) is 13.8. The van der Waals surface area contributed by atoms with Gasteiger partial charge in [-0.15, -0.1) is 0 Å². The van der Waals surface area contributed by atoms with Gasteiger partial charge in [-0.2, -0.15) is 0 Å². The maximum atomic E-state index is 13.5. The lowest BCUT2D eigenvalue weighted by Crippen LogP contribution is -2.29. The molecule has 0 saturated heterocycles. The first-order valence-electron chi connectivity index (χ1n) is 7.16. The first-order chi connectivity index (χ1) is 11.0. The molecule has 2 rings (SSSR count). The van der Waals surface area contributed by atoms with E-state index in [-0.39, 0.29) is 24.0 Å². The number of carbonyl (C=O) groups excluding carboxylic acids is 2. The summed E-state index contributed by atoms with van der Waals surface area (Å²) in [4.78, 5) is 22.8. The molecule has 5 nitrogen and oxygen atoms in total. The minimum Gasteiger partial charge on any atom is -0.376 e. The maximum Gasteiger partial charge on any atom is 0.239 e. The van der Waals surface area contributed by atoms with Crippen LogP contribution < -0.4 is 16.0 Å². The molecule has 0 atom stereocenters. The Morgan fingerprint density at radius 2 is 1.83 bits per heavy atom. The molecular weight excluding hydrogens is 297 g/mol. The summed E-state index contributed by atoms with van der Waals surface area (Å²) in [5.74, 6) is -1.07. The van der Waals surface area contributed by atoms with Gasteiger partial charge >= 0.3 is 0 Å². The molecule has 0 aromatic heterocycles. The number of hydrogen-bond acceptors (Lipinski definition) is 3. The Kier molecular flexibility index (Phi) is 5.68. The minimum atomic E-state index is -0.528. The van der Waals surface area contributed by atoms with E-state index in [1.807, 2.05) is 30.3 Å². The second-order valence-corrected chi connectivity index (χ2v) is 4.99. The van der Waals surface area contributed by atoms with Crippen molar-refractivity contribution < 1.29 is 14.0 Å². The van der Waals surface area contributed by atoms with Crippen molar-refractivity contribution in [2.45, 2.75) is 13.5 Å². The van der Waals surface area contributed by atoms with Crippen LogP contribution in [-0.2, 0) is 16.1 Å². The molecule has 0 spiro atoms. The highest BCUT2D eigenvalue weighted by Crippen LogP contribution is 2.19. The van der Waals surface area contributed by atoms with Crippen LogP contribution in [-0.4, -0.2) is 18.4 Å². The average Bonchev–Trinajstić information content (AvgIpc) is 2.54. The van der Waals surface area contributed by atoms with Gasteiger partial charge in [0.15, 0.2) is 0 Å². The van der Waals surface area contributed by atoms with Crippen molar-refractivity contribution in [2.24, 2.45) is 0 Å². The first-order valence-corrected chi connectivity index (χ1v) is 7.16. The molecule has 3 N–H and O–H groups in total. The molecule has 0 aliphatic carbocycles. The maximum absolute atomic E-state index is 13.5. The third-order valence-electron chi connectivity index (χ3n) is 3.06. The van der Waals surface area contributed by atoms with Crippen molar-refractivity contribution >= 4 is 23.2 Å². The minimum absolute atomic E-state index is 0.0535. The molecule has 23 heavy (non-hydrogen) atoms. The van der Waals surface area contributed by atoms with E-state index >= 15 is 0 Å². The zero-order valence-electron chi connectivity index (χ0n) is 12.7. The fraction of sp³-hybridized carbons (Fsp3) is 0.176. The molecule has 2 aromatic rings. The van der Waals surface area contributed by atoms with Crippen LogP contribution in [0.2, 0.25) is 0 Å². The highest BCUT2D eigenvalue weighted by Gasteiger charge is 2.06. The lowest BCUT2D eigenvalue weighted by atomic mass is 10.2. The molecule has 0 heterocycles. The lowest BCUT2D eigenvalue weighted by molar-refractivity contribution is -0.119. The Hall–Kier alpha value is -2.89. The molecule has 0 bridgehead atoms. The van der Waals surface area contributed by atoms with E-state index in [4.69, 9.17) is 0 Å². The Labute approximate surface area is 133 Å². The molecule has 0 aliphatic heterocycles. The van der Waals surface area contributed by atoms with E-state index in [1.54, 1.807) is 0 Å². The summed E-state index contributed by atoms with van der Waals surface area (Å²) >= 11 is 0. The molecular formula is C17H18FN3O2. The second kappa shape index (κ2) is 7.93. The summed E-state index contributed by atoms with van der Waals surface area (Å²) < 4.78 is 13.5. The lowest BCUT2D eigenvalue weighted by Gasteiger charge is -2.10. The third kappa shape index (κ3) is 5.43. The van der Waals surface area contributed by atoms with E-state index in [9.17, 15) is 14.0 Å². The van der Waals surface area contributed by atoms with Crippen LogP contribution in [0.25, 0.3) is 0 Å². The smallest absolute Gasteiger partial charge is 0.239 e. The van der Waals surface area contributed by atoms with E-state index < -0.39 is 5.82 Å². The average molecular weight is 315 g/mol. The van der Waals surface area contributed by atoms with Crippen LogP contribution >= 0.6 is 0 Å². The summed E-state index contributed by atoms with van der Waals surface area (Å²) in [5, 5.41) is 8.07. The van der Waals surface area contributed by atoms with E-state index in [2.05, 4.69) is 16.0 Å². The monoisotopic (exact) mass is 315 g/mol. The number of carbonyl (C=O) groups is 2. The van der Waals surface area contributed by atoms with Crippen LogP contribution in [0.1, 0.15) is 12.5 Å². The van der Waals surface area contributed by atoms with Crippen LogP contribution in [0.5, 0.6) is 0 Å².